The maximum atomic E-state index is 11.1. The van der Waals surface area contributed by atoms with Crippen molar-refractivity contribution in [3.8, 4) is 0 Å². The molecule has 0 aliphatic rings. The zero-order valence-corrected chi connectivity index (χ0v) is 9.23. The minimum absolute atomic E-state index is 0.187. The molecule has 0 fully saturated rings. The maximum absolute atomic E-state index is 11.1. The molecule has 0 bridgehead atoms. The summed E-state index contributed by atoms with van der Waals surface area (Å²) in [7, 11) is 0. The van der Waals surface area contributed by atoms with Crippen LogP contribution in [0.4, 0.5) is 5.69 Å². The molecule has 0 saturated heterocycles. The number of rotatable bonds is 2. The molecule has 0 spiro atoms. The van der Waals surface area contributed by atoms with Gasteiger partial charge >= 0.3 is 5.97 Å². The molecule has 0 radical (unpaired) electrons. The number of hydrogen-bond acceptors (Lipinski definition) is 2. The van der Waals surface area contributed by atoms with E-state index in [2.05, 4.69) is 5.32 Å². The van der Waals surface area contributed by atoms with Gasteiger partial charge in [-0.2, -0.15) is 0 Å². The molecular formula is C13H11NO3. The van der Waals surface area contributed by atoms with E-state index in [4.69, 9.17) is 5.11 Å². The first kappa shape index (κ1) is 11.1. The van der Waals surface area contributed by atoms with Crippen molar-refractivity contribution in [2.75, 3.05) is 5.32 Å². The number of aromatic carboxylic acids is 1. The summed E-state index contributed by atoms with van der Waals surface area (Å²) in [6, 6.07) is 10.3. The van der Waals surface area contributed by atoms with Gasteiger partial charge < -0.3 is 10.4 Å². The fourth-order valence-corrected chi connectivity index (χ4v) is 1.81. The Hall–Kier alpha value is -2.36. The topological polar surface area (TPSA) is 66.4 Å². The number of nitrogens with one attached hydrogen (secondary N) is 1. The second-order valence-corrected chi connectivity index (χ2v) is 3.70. The quantitative estimate of drug-likeness (QED) is 0.831. The van der Waals surface area contributed by atoms with Gasteiger partial charge in [-0.3, -0.25) is 4.79 Å². The van der Waals surface area contributed by atoms with E-state index < -0.39 is 5.97 Å². The van der Waals surface area contributed by atoms with E-state index in [1.54, 1.807) is 18.2 Å². The van der Waals surface area contributed by atoms with E-state index in [1.165, 1.54) is 13.0 Å². The van der Waals surface area contributed by atoms with Gasteiger partial charge in [0, 0.05) is 18.0 Å². The summed E-state index contributed by atoms with van der Waals surface area (Å²) < 4.78 is 0. The van der Waals surface area contributed by atoms with Gasteiger partial charge in [0.15, 0.2) is 0 Å². The highest BCUT2D eigenvalue weighted by molar-refractivity contribution is 6.11. The lowest BCUT2D eigenvalue weighted by atomic mass is 10.0. The Morgan fingerprint density at radius 2 is 1.76 bits per heavy atom. The summed E-state index contributed by atoms with van der Waals surface area (Å²) in [6.07, 6.45) is 0. The molecule has 0 unspecified atom stereocenters. The van der Waals surface area contributed by atoms with Crippen molar-refractivity contribution < 1.29 is 14.7 Å². The number of carbonyl (C=O) groups is 2. The number of fused-ring (bicyclic) bond motifs is 1. The van der Waals surface area contributed by atoms with Gasteiger partial charge in [0.1, 0.15) is 0 Å². The number of hydrogen-bond donors (Lipinski definition) is 2. The third-order valence-electron chi connectivity index (χ3n) is 2.45. The van der Waals surface area contributed by atoms with E-state index in [0.29, 0.717) is 11.1 Å². The highest BCUT2D eigenvalue weighted by Gasteiger charge is 2.11. The molecule has 4 heteroatoms. The van der Waals surface area contributed by atoms with E-state index in [9.17, 15) is 9.59 Å². The number of benzene rings is 2. The first-order valence-corrected chi connectivity index (χ1v) is 5.12. The summed E-state index contributed by atoms with van der Waals surface area (Å²) in [5.74, 6) is -1.23. The zero-order valence-electron chi connectivity index (χ0n) is 9.23. The average Bonchev–Trinajstić information content (AvgIpc) is 2.27. The Bertz CT molecular complexity index is 599. The Morgan fingerprint density at radius 3 is 2.35 bits per heavy atom. The van der Waals surface area contributed by atoms with Crippen LogP contribution in [0.15, 0.2) is 36.4 Å². The molecule has 1 amide bonds. The van der Waals surface area contributed by atoms with Crippen molar-refractivity contribution in [2.45, 2.75) is 6.92 Å². The van der Waals surface area contributed by atoms with Gasteiger partial charge in [-0.05, 0) is 17.5 Å². The molecule has 0 aliphatic carbocycles. The van der Waals surface area contributed by atoms with Gasteiger partial charge in [0.05, 0.1) is 5.56 Å². The molecule has 0 aliphatic heterocycles. The highest BCUT2D eigenvalue weighted by atomic mass is 16.4. The lowest BCUT2D eigenvalue weighted by Gasteiger charge is -2.09. The molecule has 0 aromatic heterocycles. The molecule has 2 rings (SSSR count). The van der Waals surface area contributed by atoms with Crippen molar-refractivity contribution in [2.24, 2.45) is 0 Å². The van der Waals surface area contributed by atoms with Crippen molar-refractivity contribution in [1.29, 1.82) is 0 Å². The van der Waals surface area contributed by atoms with E-state index in [-0.39, 0.29) is 11.5 Å². The number of carbonyl (C=O) groups excluding carboxylic acids is 1. The van der Waals surface area contributed by atoms with Crippen LogP contribution in [0, 0.1) is 0 Å². The molecular weight excluding hydrogens is 218 g/mol. The lowest BCUT2D eigenvalue weighted by molar-refractivity contribution is -0.114. The highest BCUT2D eigenvalue weighted by Crippen LogP contribution is 2.27. The SMILES string of the molecule is CC(=O)Nc1cccc2cccc(C(=O)O)c12. The largest absolute Gasteiger partial charge is 0.478 e. The molecule has 86 valence electrons. The molecule has 0 atom stereocenters. The van der Waals surface area contributed by atoms with Gasteiger partial charge in [-0.25, -0.2) is 4.79 Å². The van der Waals surface area contributed by atoms with Gasteiger partial charge in [0.25, 0.3) is 0 Å². The van der Waals surface area contributed by atoms with E-state index in [1.807, 2.05) is 12.1 Å². The Labute approximate surface area is 97.9 Å². The van der Waals surface area contributed by atoms with E-state index in [0.717, 1.165) is 5.39 Å². The maximum Gasteiger partial charge on any atom is 0.336 e. The normalized spacial score (nSPS) is 10.2. The number of carboxylic acids is 1. The molecule has 2 aromatic rings. The number of amides is 1. The van der Waals surface area contributed by atoms with Crippen LogP contribution in [0.1, 0.15) is 17.3 Å². The fourth-order valence-electron chi connectivity index (χ4n) is 1.81. The number of carboxylic acid groups (broad SMARTS) is 1. The average molecular weight is 229 g/mol. The lowest BCUT2D eigenvalue weighted by Crippen LogP contribution is -2.08. The van der Waals surface area contributed by atoms with Crippen LogP contribution in [0.25, 0.3) is 10.8 Å². The van der Waals surface area contributed by atoms with Crippen molar-refractivity contribution in [1.82, 2.24) is 0 Å². The summed E-state index contributed by atoms with van der Waals surface area (Å²) in [6.45, 7) is 1.39. The predicted molar refractivity (Wildman–Crippen MR) is 65.2 cm³/mol. The van der Waals surface area contributed by atoms with Crippen LogP contribution >= 0.6 is 0 Å². The van der Waals surface area contributed by atoms with Crippen molar-refractivity contribution >= 4 is 28.3 Å². The second kappa shape index (κ2) is 4.25. The molecule has 0 heterocycles. The summed E-state index contributed by atoms with van der Waals surface area (Å²) in [5.41, 5.74) is 0.708. The first-order chi connectivity index (χ1) is 8.09. The summed E-state index contributed by atoms with van der Waals surface area (Å²) in [5, 5.41) is 13.1. The van der Waals surface area contributed by atoms with Gasteiger partial charge in [-0.1, -0.05) is 24.3 Å². The van der Waals surface area contributed by atoms with Crippen LogP contribution < -0.4 is 5.32 Å². The fraction of sp³-hybridized carbons (Fsp3) is 0.0769. The summed E-state index contributed by atoms with van der Waals surface area (Å²) >= 11 is 0. The number of anilines is 1. The summed E-state index contributed by atoms with van der Waals surface area (Å²) in [4.78, 5) is 22.2. The molecule has 2 N–H and O–H groups in total. The predicted octanol–water partition coefficient (Wildman–Crippen LogP) is 2.50. The van der Waals surface area contributed by atoms with Crippen molar-refractivity contribution in [3.05, 3.63) is 42.0 Å². The third kappa shape index (κ3) is 2.10. The molecule has 0 saturated carbocycles. The van der Waals surface area contributed by atoms with Crippen LogP contribution in [0.5, 0.6) is 0 Å². The minimum atomic E-state index is -1.01. The Kier molecular flexibility index (Phi) is 2.78. The zero-order chi connectivity index (χ0) is 12.4. The van der Waals surface area contributed by atoms with Gasteiger partial charge in [0.2, 0.25) is 5.91 Å². The third-order valence-corrected chi connectivity index (χ3v) is 2.45. The van der Waals surface area contributed by atoms with Crippen molar-refractivity contribution in [3.63, 3.8) is 0 Å². The Morgan fingerprint density at radius 1 is 1.12 bits per heavy atom. The molecule has 17 heavy (non-hydrogen) atoms. The molecule has 4 nitrogen and oxygen atoms in total. The van der Waals surface area contributed by atoms with Crippen LogP contribution in [0.2, 0.25) is 0 Å². The second-order valence-electron chi connectivity index (χ2n) is 3.70. The van der Waals surface area contributed by atoms with Gasteiger partial charge in [-0.15, -0.1) is 0 Å². The van der Waals surface area contributed by atoms with Crippen LogP contribution in [0.3, 0.4) is 0 Å². The minimum Gasteiger partial charge on any atom is -0.478 e. The first-order valence-electron chi connectivity index (χ1n) is 5.12. The smallest absolute Gasteiger partial charge is 0.336 e. The Balaban J connectivity index is 2.75. The van der Waals surface area contributed by atoms with Crippen LogP contribution in [-0.4, -0.2) is 17.0 Å². The molecule has 2 aromatic carbocycles. The van der Waals surface area contributed by atoms with Crippen LogP contribution in [-0.2, 0) is 4.79 Å². The van der Waals surface area contributed by atoms with E-state index >= 15 is 0 Å². The standard InChI is InChI=1S/C13H11NO3/c1-8(15)14-11-7-3-5-9-4-2-6-10(12(9)11)13(16)17/h2-7H,1H3,(H,14,15)(H,16,17). The monoisotopic (exact) mass is 229 g/mol.